The Hall–Kier alpha value is -1.76. The lowest BCUT2D eigenvalue weighted by Crippen LogP contribution is -2.51. The maximum atomic E-state index is 13.1. The first-order chi connectivity index (χ1) is 12.4. The Kier molecular flexibility index (Phi) is 6.06. The molecule has 7 heteroatoms. The summed E-state index contributed by atoms with van der Waals surface area (Å²) in [6.07, 6.45) is -1.40. The summed E-state index contributed by atoms with van der Waals surface area (Å²) < 4.78 is 44.6. The third kappa shape index (κ3) is 4.69. The number of carbonyl (C=O) groups excluding carboxylic acids is 1. The van der Waals surface area contributed by atoms with Crippen molar-refractivity contribution in [3.05, 3.63) is 35.4 Å². The lowest BCUT2D eigenvalue weighted by Gasteiger charge is -2.37. The predicted octanol–water partition coefficient (Wildman–Crippen LogP) is 3.80. The topological polar surface area (TPSA) is 32.8 Å². The third-order valence-corrected chi connectivity index (χ3v) is 5.22. The highest BCUT2D eigenvalue weighted by Crippen LogP contribution is 2.33. The van der Waals surface area contributed by atoms with Crippen LogP contribution in [0.4, 0.5) is 18.0 Å². The van der Waals surface area contributed by atoms with Crippen LogP contribution in [0.3, 0.4) is 0 Å². The number of halogens is 3. The Bertz CT molecular complexity index is 615. The summed E-state index contributed by atoms with van der Waals surface area (Å²) in [6, 6.07) is 5.82. The fraction of sp³-hybridized carbons (Fsp3) is 0.632. The number of benzene rings is 1. The molecular formula is C19H25F3N2O2. The Balaban J connectivity index is 1.57. The van der Waals surface area contributed by atoms with Gasteiger partial charge in [-0.3, -0.25) is 0 Å². The first kappa shape index (κ1) is 19.0. The number of ether oxygens (including phenoxy) is 1. The minimum absolute atomic E-state index is 0.0358. The SMILES string of the molecule is O=C(N1CCOCC1)N1CCC[C@@H](CCc2ccccc2C(F)(F)F)C1. The molecule has 0 saturated carbocycles. The summed E-state index contributed by atoms with van der Waals surface area (Å²) in [4.78, 5) is 16.3. The highest BCUT2D eigenvalue weighted by molar-refractivity contribution is 5.74. The number of hydrogen-bond acceptors (Lipinski definition) is 2. The Morgan fingerprint density at radius 1 is 1.12 bits per heavy atom. The molecule has 1 aromatic carbocycles. The first-order valence-corrected chi connectivity index (χ1v) is 9.22. The molecule has 4 nitrogen and oxygen atoms in total. The standard InChI is InChI=1S/C19H25F3N2O2/c20-19(21,22)17-6-2-1-5-16(17)8-7-15-4-3-9-24(14-15)18(25)23-10-12-26-13-11-23/h1-2,5-6,15H,3-4,7-14H2/t15-/m0/s1. The molecule has 0 spiro atoms. The van der Waals surface area contributed by atoms with Crippen molar-refractivity contribution in [2.45, 2.75) is 31.9 Å². The maximum absolute atomic E-state index is 13.1. The zero-order valence-electron chi connectivity index (χ0n) is 14.8. The fourth-order valence-electron chi connectivity index (χ4n) is 3.80. The molecule has 0 aliphatic carbocycles. The molecule has 2 amide bonds. The highest BCUT2D eigenvalue weighted by Gasteiger charge is 2.33. The zero-order valence-corrected chi connectivity index (χ0v) is 14.8. The molecule has 2 heterocycles. The number of hydrogen-bond donors (Lipinski definition) is 0. The van der Waals surface area contributed by atoms with Crippen molar-refractivity contribution in [1.82, 2.24) is 9.80 Å². The van der Waals surface area contributed by atoms with Crippen molar-refractivity contribution in [3.8, 4) is 0 Å². The monoisotopic (exact) mass is 370 g/mol. The number of urea groups is 1. The van der Waals surface area contributed by atoms with E-state index in [0.29, 0.717) is 51.3 Å². The van der Waals surface area contributed by atoms with E-state index in [2.05, 4.69) is 0 Å². The van der Waals surface area contributed by atoms with Gasteiger partial charge in [0.25, 0.3) is 0 Å². The predicted molar refractivity (Wildman–Crippen MR) is 91.9 cm³/mol. The Morgan fingerprint density at radius 3 is 2.58 bits per heavy atom. The molecule has 1 atom stereocenters. The van der Waals surface area contributed by atoms with Gasteiger partial charge in [0.05, 0.1) is 18.8 Å². The Labute approximate surface area is 151 Å². The summed E-state index contributed by atoms with van der Waals surface area (Å²) >= 11 is 0. The summed E-state index contributed by atoms with van der Waals surface area (Å²) in [6.45, 7) is 3.71. The normalized spacial score (nSPS) is 21.7. The molecule has 0 aromatic heterocycles. The van der Waals surface area contributed by atoms with Gasteiger partial charge in [0.2, 0.25) is 0 Å². The molecule has 3 rings (SSSR count). The van der Waals surface area contributed by atoms with Crippen molar-refractivity contribution in [2.75, 3.05) is 39.4 Å². The van der Waals surface area contributed by atoms with Crippen LogP contribution in [0, 0.1) is 5.92 Å². The van der Waals surface area contributed by atoms with Gasteiger partial charge < -0.3 is 14.5 Å². The van der Waals surface area contributed by atoms with E-state index in [0.717, 1.165) is 25.5 Å². The minimum atomic E-state index is -4.32. The van der Waals surface area contributed by atoms with E-state index in [1.165, 1.54) is 6.07 Å². The van der Waals surface area contributed by atoms with Gasteiger partial charge in [-0.15, -0.1) is 0 Å². The summed E-state index contributed by atoms with van der Waals surface area (Å²) in [5.41, 5.74) is -0.200. The molecule has 2 saturated heterocycles. The quantitative estimate of drug-likeness (QED) is 0.811. The van der Waals surface area contributed by atoms with E-state index >= 15 is 0 Å². The van der Waals surface area contributed by atoms with Crippen LogP contribution in [-0.2, 0) is 17.3 Å². The molecule has 144 valence electrons. The van der Waals surface area contributed by atoms with Crippen LogP contribution in [-0.4, -0.2) is 55.2 Å². The summed E-state index contributed by atoms with van der Waals surface area (Å²) in [7, 11) is 0. The number of carbonyl (C=O) groups is 1. The van der Waals surface area contributed by atoms with Crippen LogP contribution in [0.5, 0.6) is 0 Å². The van der Waals surface area contributed by atoms with E-state index in [-0.39, 0.29) is 11.9 Å². The molecule has 0 bridgehead atoms. The number of likely N-dealkylation sites (tertiary alicyclic amines) is 1. The van der Waals surface area contributed by atoms with Gasteiger partial charge in [-0.25, -0.2) is 4.79 Å². The van der Waals surface area contributed by atoms with Gasteiger partial charge in [0.15, 0.2) is 0 Å². The molecular weight excluding hydrogens is 345 g/mol. The first-order valence-electron chi connectivity index (χ1n) is 9.22. The molecule has 1 aromatic rings. The number of piperidine rings is 1. The van der Waals surface area contributed by atoms with Gasteiger partial charge in [-0.2, -0.15) is 13.2 Å². The van der Waals surface area contributed by atoms with Gasteiger partial charge in [0, 0.05) is 26.2 Å². The molecule has 26 heavy (non-hydrogen) atoms. The van der Waals surface area contributed by atoms with E-state index in [4.69, 9.17) is 4.74 Å². The van der Waals surface area contributed by atoms with Crippen molar-refractivity contribution < 1.29 is 22.7 Å². The van der Waals surface area contributed by atoms with Gasteiger partial charge in [-0.1, -0.05) is 18.2 Å². The van der Waals surface area contributed by atoms with Crippen molar-refractivity contribution >= 4 is 6.03 Å². The van der Waals surface area contributed by atoms with Crippen LogP contribution in [0.2, 0.25) is 0 Å². The average molecular weight is 370 g/mol. The fourth-order valence-corrected chi connectivity index (χ4v) is 3.80. The van der Waals surface area contributed by atoms with Gasteiger partial charge in [-0.05, 0) is 43.2 Å². The minimum Gasteiger partial charge on any atom is -0.378 e. The van der Waals surface area contributed by atoms with Gasteiger partial charge >= 0.3 is 12.2 Å². The lowest BCUT2D eigenvalue weighted by molar-refractivity contribution is -0.138. The Morgan fingerprint density at radius 2 is 1.85 bits per heavy atom. The summed E-state index contributed by atoms with van der Waals surface area (Å²) in [5.74, 6) is 0.245. The number of amides is 2. The zero-order chi connectivity index (χ0) is 18.6. The van der Waals surface area contributed by atoms with Crippen LogP contribution in [0.1, 0.15) is 30.4 Å². The molecule has 2 aliphatic rings. The second-order valence-electron chi connectivity index (χ2n) is 7.03. The van der Waals surface area contributed by atoms with E-state index < -0.39 is 11.7 Å². The number of morpholine rings is 1. The molecule has 2 fully saturated rings. The number of rotatable bonds is 3. The number of aryl methyl sites for hydroxylation is 1. The van der Waals surface area contributed by atoms with Crippen LogP contribution in [0.25, 0.3) is 0 Å². The van der Waals surface area contributed by atoms with Gasteiger partial charge in [0.1, 0.15) is 0 Å². The largest absolute Gasteiger partial charge is 0.416 e. The van der Waals surface area contributed by atoms with Crippen molar-refractivity contribution in [2.24, 2.45) is 5.92 Å². The van der Waals surface area contributed by atoms with E-state index in [1.54, 1.807) is 12.1 Å². The van der Waals surface area contributed by atoms with Crippen molar-refractivity contribution in [3.63, 3.8) is 0 Å². The smallest absolute Gasteiger partial charge is 0.378 e. The highest BCUT2D eigenvalue weighted by atomic mass is 19.4. The lowest BCUT2D eigenvalue weighted by atomic mass is 9.90. The second kappa shape index (κ2) is 8.29. The number of nitrogens with zero attached hydrogens (tertiary/aromatic N) is 2. The van der Waals surface area contributed by atoms with Crippen LogP contribution in [0.15, 0.2) is 24.3 Å². The second-order valence-corrected chi connectivity index (χ2v) is 7.03. The van der Waals surface area contributed by atoms with E-state index in [9.17, 15) is 18.0 Å². The number of alkyl halides is 3. The maximum Gasteiger partial charge on any atom is 0.416 e. The summed E-state index contributed by atoms with van der Waals surface area (Å²) in [5, 5.41) is 0. The third-order valence-electron chi connectivity index (χ3n) is 5.22. The molecule has 2 aliphatic heterocycles. The van der Waals surface area contributed by atoms with E-state index in [1.807, 2.05) is 9.80 Å². The molecule has 0 N–H and O–H groups in total. The van der Waals surface area contributed by atoms with Crippen molar-refractivity contribution in [1.29, 1.82) is 0 Å². The average Bonchev–Trinajstić information content (AvgIpc) is 2.66. The van der Waals surface area contributed by atoms with Crippen LogP contribution >= 0.6 is 0 Å². The molecule has 0 unspecified atom stereocenters. The van der Waals surface area contributed by atoms with Crippen LogP contribution < -0.4 is 0 Å². The molecule has 0 radical (unpaired) electrons.